The molecule has 0 aromatic heterocycles. The third kappa shape index (κ3) is 18.4. The maximum Gasteiger partial charge on any atom is 0.146 e. The van der Waals surface area contributed by atoms with Gasteiger partial charge in [0.25, 0.3) is 0 Å². The third-order valence-corrected chi connectivity index (χ3v) is 9.96. The molecule has 51 heavy (non-hydrogen) atoms. The number of nitrogens with one attached hydrogen (secondary N) is 5. The molecule has 1 fully saturated rings. The second kappa shape index (κ2) is 25.3. The number of likely N-dealkylation sites (tertiary alicyclic amines) is 1. The highest BCUT2D eigenvalue weighted by atomic mass is 15.2. The quantitative estimate of drug-likeness (QED) is 0.0287. The van der Waals surface area contributed by atoms with Crippen molar-refractivity contribution in [1.82, 2.24) is 25.8 Å². The Hall–Kier alpha value is -3.69. The SMILES string of the molecule is C=C(CCC(N)=NC(=N)/C=C\C(=N)N(CC)CCNCCCCCCCCNC(=C)[C@H]1C=CCCCC1)NC1CCN(Cc2ccccc2)CC1. The molecule has 0 spiro atoms. The van der Waals surface area contributed by atoms with E-state index in [9.17, 15) is 0 Å². The zero-order valence-electron chi connectivity index (χ0n) is 31.7. The highest BCUT2D eigenvalue weighted by Crippen LogP contribution is 2.21. The van der Waals surface area contributed by atoms with E-state index in [1.54, 1.807) is 12.2 Å². The van der Waals surface area contributed by atoms with Crippen molar-refractivity contribution in [3.63, 3.8) is 0 Å². The molecule has 282 valence electrons. The number of hydrogen-bond acceptors (Lipinski definition) is 6. The molecule has 7 N–H and O–H groups in total. The Morgan fingerprint density at radius 3 is 2.41 bits per heavy atom. The Kier molecular flexibility index (Phi) is 20.7. The number of nitrogens with zero attached hydrogens (tertiary/aromatic N) is 3. The zero-order chi connectivity index (χ0) is 36.5. The van der Waals surface area contributed by atoms with Crippen LogP contribution in [0.25, 0.3) is 0 Å². The summed E-state index contributed by atoms with van der Waals surface area (Å²) in [4.78, 5) is 8.75. The summed E-state index contributed by atoms with van der Waals surface area (Å²) in [7, 11) is 0. The van der Waals surface area contributed by atoms with E-state index < -0.39 is 0 Å². The fraction of sp³-hybridized carbons (Fsp3) is 0.595. The molecule has 2 aliphatic rings. The molecule has 0 saturated carbocycles. The number of hydrogen-bond donors (Lipinski definition) is 6. The smallest absolute Gasteiger partial charge is 0.146 e. The molecule has 1 aliphatic heterocycles. The average Bonchev–Trinajstić information content (AvgIpc) is 3.43. The van der Waals surface area contributed by atoms with Crippen molar-refractivity contribution in [2.45, 2.75) is 109 Å². The van der Waals surface area contributed by atoms with Crippen LogP contribution in [0.3, 0.4) is 0 Å². The molecule has 9 heteroatoms. The molecule has 1 heterocycles. The number of benzene rings is 1. The predicted molar refractivity (Wildman–Crippen MR) is 219 cm³/mol. The van der Waals surface area contributed by atoms with Crippen LogP contribution in [-0.2, 0) is 6.54 Å². The number of aliphatic imine (C=N–C) groups is 1. The molecule has 9 nitrogen and oxygen atoms in total. The van der Waals surface area contributed by atoms with Gasteiger partial charge < -0.3 is 26.6 Å². The second-order valence-electron chi connectivity index (χ2n) is 14.2. The first-order chi connectivity index (χ1) is 24.8. The van der Waals surface area contributed by atoms with E-state index in [4.69, 9.17) is 16.6 Å². The van der Waals surface area contributed by atoms with Crippen LogP contribution < -0.4 is 21.7 Å². The van der Waals surface area contributed by atoms with Crippen LogP contribution in [0, 0.1) is 16.7 Å². The Morgan fingerprint density at radius 2 is 1.67 bits per heavy atom. The molecule has 0 amide bonds. The van der Waals surface area contributed by atoms with Crippen molar-refractivity contribution in [1.29, 1.82) is 10.8 Å². The fourth-order valence-corrected chi connectivity index (χ4v) is 6.75. The lowest BCUT2D eigenvalue weighted by Crippen LogP contribution is -2.41. The predicted octanol–water partition coefficient (Wildman–Crippen LogP) is 7.50. The van der Waals surface area contributed by atoms with Crippen molar-refractivity contribution in [2.24, 2.45) is 16.6 Å². The van der Waals surface area contributed by atoms with Crippen LogP contribution in [0.15, 0.2) is 84.2 Å². The molecule has 0 unspecified atom stereocenters. The number of allylic oxidation sites excluding steroid dienone is 3. The van der Waals surface area contributed by atoms with E-state index in [1.807, 2.05) is 4.90 Å². The van der Waals surface area contributed by atoms with E-state index >= 15 is 0 Å². The largest absolute Gasteiger partial charge is 0.388 e. The van der Waals surface area contributed by atoms with Crippen LogP contribution in [0.4, 0.5) is 0 Å². The fourth-order valence-electron chi connectivity index (χ4n) is 6.75. The lowest BCUT2D eigenvalue weighted by atomic mass is 10.0. The first kappa shape index (κ1) is 41.7. The van der Waals surface area contributed by atoms with Gasteiger partial charge in [-0.2, -0.15) is 0 Å². The number of likely N-dealkylation sites (N-methyl/N-ethyl adjacent to an activating group) is 1. The van der Waals surface area contributed by atoms with Gasteiger partial charge in [0.05, 0.1) is 0 Å². The van der Waals surface area contributed by atoms with E-state index in [2.05, 4.69) is 88.4 Å². The Balaban J connectivity index is 1.17. The van der Waals surface area contributed by atoms with Crippen LogP contribution in [0.5, 0.6) is 0 Å². The highest BCUT2D eigenvalue weighted by Gasteiger charge is 2.19. The minimum absolute atomic E-state index is 0.0600. The van der Waals surface area contributed by atoms with Gasteiger partial charge in [0.15, 0.2) is 0 Å². The Bertz CT molecular complexity index is 1260. The van der Waals surface area contributed by atoms with Crippen LogP contribution in [-0.4, -0.2) is 79.2 Å². The van der Waals surface area contributed by atoms with Gasteiger partial charge in [0.2, 0.25) is 0 Å². The van der Waals surface area contributed by atoms with E-state index in [-0.39, 0.29) is 5.84 Å². The number of nitrogens with two attached hydrogens (primary N) is 1. The highest BCUT2D eigenvalue weighted by molar-refractivity contribution is 6.04. The topological polar surface area (TPSA) is 129 Å². The molecule has 0 radical (unpaired) electrons. The average molecular weight is 700 g/mol. The van der Waals surface area contributed by atoms with E-state index in [0.29, 0.717) is 36.5 Å². The van der Waals surface area contributed by atoms with Gasteiger partial charge in [0.1, 0.15) is 17.5 Å². The summed E-state index contributed by atoms with van der Waals surface area (Å²) in [6.45, 7) is 18.1. The summed E-state index contributed by atoms with van der Waals surface area (Å²) in [5.74, 6) is 1.37. The minimum atomic E-state index is 0.0600. The van der Waals surface area contributed by atoms with Crippen LogP contribution in [0.1, 0.15) is 102 Å². The zero-order valence-corrected chi connectivity index (χ0v) is 31.7. The summed E-state index contributed by atoms with van der Waals surface area (Å²) in [6.07, 6.45) is 23.8. The van der Waals surface area contributed by atoms with Crippen LogP contribution >= 0.6 is 0 Å². The molecule has 1 aromatic carbocycles. The second-order valence-corrected chi connectivity index (χ2v) is 14.2. The van der Waals surface area contributed by atoms with Gasteiger partial charge in [-0.3, -0.25) is 15.7 Å². The van der Waals surface area contributed by atoms with Crippen LogP contribution in [0.2, 0.25) is 0 Å². The normalized spacial score (nSPS) is 17.3. The first-order valence-electron chi connectivity index (χ1n) is 19.8. The van der Waals surface area contributed by atoms with Crippen molar-refractivity contribution in [3.8, 4) is 0 Å². The van der Waals surface area contributed by atoms with Gasteiger partial charge in [-0.05, 0) is 82.6 Å². The Labute approximate surface area is 310 Å². The number of amidine groups is 3. The summed E-state index contributed by atoms with van der Waals surface area (Å²) >= 11 is 0. The maximum absolute atomic E-state index is 8.47. The third-order valence-electron chi connectivity index (χ3n) is 9.96. The van der Waals surface area contributed by atoms with Gasteiger partial charge >= 0.3 is 0 Å². The minimum Gasteiger partial charge on any atom is -0.388 e. The van der Waals surface area contributed by atoms with E-state index in [0.717, 1.165) is 70.9 Å². The van der Waals surface area contributed by atoms with Crippen molar-refractivity contribution in [2.75, 3.05) is 45.8 Å². The number of unbranched alkanes of at least 4 members (excludes halogenated alkanes) is 5. The lowest BCUT2D eigenvalue weighted by molar-refractivity contribution is 0.195. The molecule has 0 bridgehead atoms. The van der Waals surface area contributed by atoms with E-state index in [1.165, 1.54) is 75.5 Å². The molecule has 3 rings (SSSR count). The van der Waals surface area contributed by atoms with Crippen molar-refractivity contribution < 1.29 is 0 Å². The Morgan fingerprint density at radius 1 is 0.941 bits per heavy atom. The summed E-state index contributed by atoms with van der Waals surface area (Å²) < 4.78 is 0. The van der Waals surface area contributed by atoms with Crippen molar-refractivity contribution in [3.05, 3.63) is 84.8 Å². The molecule has 1 aliphatic carbocycles. The first-order valence-corrected chi connectivity index (χ1v) is 19.8. The number of piperidine rings is 1. The molecular weight excluding hydrogens is 631 g/mol. The molecular formula is C42H69N9. The summed E-state index contributed by atoms with van der Waals surface area (Å²) in [6, 6.07) is 11.1. The van der Waals surface area contributed by atoms with Gasteiger partial charge in [0, 0.05) is 75.6 Å². The maximum atomic E-state index is 8.47. The standard InChI is InChI=1S/C42H69N9/c1-4-51(33-30-46-28-16-9-5-6-10-17-29-47-36(3)38-20-14-7-8-15-21-38)42(45)25-24-41(44)49-40(43)23-22-35(2)48-39-26-31-50(32-27-39)34-37-18-12-11-13-19-37/h11-14,18-20,24-25,38-39,45-48H,2-10,15-17,21-23,26-34H2,1H3,(H3,43,44,49)/b25-24-,45-42?/t38-/m0/s1. The van der Waals surface area contributed by atoms with Gasteiger partial charge in [-0.1, -0.05) is 87.7 Å². The monoisotopic (exact) mass is 700 g/mol. The molecule has 1 atom stereocenters. The molecule has 1 saturated heterocycles. The lowest BCUT2D eigenvalue weighted by Gasteiger charge is -2.33. The van der Waals surface area contributed by atoms with Crippen molar-refractivity contribution >= 4 is 17.5 Å². The van der Waals surface area contributed by atoms with Gasteiger partial charge in [-0.15, -0.1) is 0 Å². The summed E-state index contributed by atoms with van der Waals surface area (Å²) in [5.41, 5.74) is 9.68. The van der Waals surface area contributed by atoms with Gasteiger partial charge in [-0.25, -0.2) is 4.99 Å². The number of rotatable bonds is 24. The summed E-state index contributed by atoms with van der Waals surface area (Å²) in [5, 5.41) is 27.4. The molecule has 1 aromatic rings.